The predicted molar refractivity (Wildman–Crippen MR) is 109 cm³/mol. The summed E-state index contributed by atoms with van der Waals surface area (Å²) in [4.78, 5) is 34.7. The third-order valence-corrected chi connectivity index (χ3v) is 4.30. The Hall–Kier alpha value is -4.53. The number of hydrogen-bond acceptors (Lipinski definition) is 7. The molecule has 9 heteroatoms. The van der Waals surface area contributed by atoms with Gasteiger partial charge in [0.1, 0.15) is 0 Å². The summed E-state index contributed by atoms with van der Waals surface area (Å²) in [5.41, 5.74) is 1.42. The van der Waals surface area contributed by atoms with Gasteiger partial charge in [-0.1, -0.05) is 54.6 Å². The van der Waals surface area contributed by atoms with Crippen LogP contribution in [0.3, 0.4) is 0 Å². The van der Waals surface area contributed by atoms with E-state index in [0.29, 0.717) is 17.0 Å². The largest absolute Gasteiger partial charge is 0.270 e. The lowest BCUT2D eigenvalue weighted by molar-refractivity contribution is -0.385. The molecule has 9 nitrogen and oxygen atoms in total. The highest BCUT2D eigenvalue weighted by Gasteiger charge is 2.16. The Kier molecular flexibility index (Phi) is 4.92. The Morgan fingerprint density at radius 2 is 0.933 bits per heavy atom. The van der Waals surface area contributed by atoms with Crippen LogP contribution in [-0.4, -0.2) is 24.8 Å². The molecule has 0 atom stereocenters. The van der Waals surface area contributed by atoms with E-state index in [4.69, 9.17) is 0 Å². The van der Waals surface area contributed by atoms with Crippen LogP contribution in [0.15, 0.2) is 78.9 Å². The number of aromatic nitrogens is 3. The maximum atomic E-state index is 11.2. The van der Waals surface area contributed by atoms with Gasteiger partial charge in [-0.25, -0.2) is 15.0 Å². The molecular weight excluding hydrogens is 386 g/mol. The molecule has 0 bridgehead atoms. The normalized spacial score (nSPS) is 10.5. The molecule has 4 aromatic rings. The molecule has 3 aromatic carbocycles. The van der Waals surface area contributed by atoms with E-state index in [1.165, 1.54) is 24.3 Å². The lowest BCUT2D eigenvalue weighted by atomic mass is 10.1. The molecule has 0 saturated heterocycles. The van der Waals surface area contributed by atoms with Crippen molar-refractivity contribution in [1.29, 1.82) is 0 Å². The fourth-order valence-corrected chi connectivity index (χ4v) is 2.87. The van der Waals surface area contributed by atoms with Crippen LogP contribution in [0.5, 0.6) is 0 Å². The van der Waals surface area contributed by atoms with Crippen molar-refractivity contribution in [2.24, 2.45) is 0 Å². The molecule has 1 aromatic heterocycles. The van der Waals surface area contributed by atoms with Crippen LogP contribution in [0.4, 0.5) is 11.4 Å². The average molecular weight is 399 g/mol. The molecule has 146 valence electrons. The van der Waals surface area contributed by atoms with Crippen LogP contribution < -0.4 is 0 Å². The first-order chi connectivity index (χ1) is 14.5. The van der Waals surface area contributed by atoms with Crippen LogP contribution >= 0.6 is 0 Å². The molecule has 0 aliphatic carbocycles. The third kappa shape index (κ3) is 3.85. The molecule has 0 spiro atoms. The van der Waals surface area contributed by atoms with Crippen molar-refractivity contribution in [3.63, 3.8) is 0 Å². The second-order valence-corrected chi connectivity index (χ2v) is 6.29. The molecule has 30 heavy (non-hydrogen) atoms. The minimum atomic E-state index is -0.496. The van der Waals surface area contributed by atoms with Gasteiger partial charge in [0.2, 0.25) is 0 Å². The van der Waals surface area contributed by atoms with E-state index >= 15 is 0 Å². The zero-order valence-electron chi connectivity index (χ0n) is 15.4. The Labute approximate surface area is 170 Å². The molecular formula is C21H13N5O4. The van der Waals surface area contributed by atoms with Crippen molar-refractivity contribution in [2.75, 3.05) is 0 Å². The molecule has 0 unspecified atom stereocenters. The smallest absolute Gasteiger partial charge is 0.258 e. The monoisotopic (exact) mass is 399 g/mol. The van der Waals surface area contributed by atoms with Crippen molar-refractivity contribution in [3.8, 4) is 34.2 Å². The summed E-state index contributed by atoms with van der Waals surface area (Å²) in [6.45, 7) is 0. The van der Waals surface area contributed by atoms with E-state index in [9.17, 15) is 20.2 Å². The number of non-ortho nitro benzene ring substituents is 2. The first-order valence-corrected chi connectivity index (χ1v) is 8.82. The summed E-state index contributed by atoms with van der Waals surface area (Å²) in [6, 6.07) is 21.1. The van der Waals surface area contributed by atoms with E-state index in [2.05, 4.69) is 15.0 Å². The lowest BCUT2D eigenvalue weighted by Crippen LogP contribution is -2.01. The number of benzene rings is 3. The zero-order chi connectivity index (χ0) is 21.1. The Bertz CT molecular complexity index is 1190. The highest BCUT2D eigenvalue weighted by atomic mass is 16.6. The molecule has 4 rings (SSSR count). The summed E-state index contributed by atoms with van der Waals surface area (Å²) in [6.07, 6.45) is 0. The van der Waals surface area contributed by atoms with Gasteiger partial charge in [-0.3, -0.25) is 20.2 Å². The minimum Gasteiger partial charge on any atom is -0.258 e. The highest BCUT2D eigenvalue weighted by Crippen LogP contribution is 2.27. The topological polar surface area (TPSA) is 125 Å². The third-order valence-electron chi connectivity index (χ3n) is 4.30. The molecule has 0 saturated carbocycles. The summed E-state index contributed by atoms with van der Waals surface area (Å²) in [7, 11) is 0. The van der Waals surface area contributed by atoms with Gasteiger partial charge < -0.3 is 0 Å². The molecule has 0 N–H and O–H groups in total. The van der Waals surface area contributed by atoms with Gasteiger partial charge in [0.15, 0.2) is 17.5 Å². The van der Waals surface area contributed by atoms with Gasteiger partial charge in [-0.15, -0.1) is 0 Å². The van der Waals surface area contributed by atoms with Crippen LogP contribution in [-0.2, 0) is 0 Å². The molecule has 0 amide bonds. The number of hydrogen-bond donors (Lipinski definition) is 0. The minimum absolute atomic E-state index is 0.0916. The summed E-state index contributed by atoms with van der Waals surface area (Å²) in [5, 5.41) is 22.3. The number of rotatable bonds is 5. The second kappa shape index (κ2) is 7.84. The molecule has 0 aliphatic heterocycles. The van der Waals surface area contributed by atoms with Gasteiger partial charge in [0.05, 0.1) is 9.85 Å². The number of nitrogens with zero attached hydrogens (tertiary/aromatic N) is 5. The van der Waals surface area contributed by atoms with E-state index in [1.807, 2.05) is 30.3 Å². The Morgan fingerprint density at radius 3 is 1.37 bits per heavy atom. The van der Waals surface area contributed by atoms with Crippen molar-refractivity contribution >= 4 is 11.4 Å². The fraction of sp³-hybridized carbons (Fsp3) is 0. The predicted octanol–water partition coefficient (Wildman–Crippen LogP) is 4.69. The number of nitro groups is 2. The summed E-state index contributed by atoms with van der Waals surface area (Å²) in [5.74, 6) is 0.816. The SMILES string of the molecule is O=[N+]([O-])c1cccc(-c2nc(-c3ccccc3)nc(-c3cccc([N+](=O)[O-])c3)n2)c1. The Balaban J connectivity index is 1.92. The summed E-state index contributed by atoms with van der Waals surface area (Å²) < 4.78 is 0. The first-order valence-electron chi connectivity index (χ1n) is 8.82. The van der Waals surface area contributed by atoms with E-state index in [-0.39, 0.29) is 23.0 Å². The number of nitro benzene ring substituents is 2. The highest BCUT2D eigenvalue weighted by molar-refractivity contribution is 5.68. The first kappa shape index (κ1) is 18.8. The van der Waals surface area contributed by atoms with Gasteiger partial charge in [-0.2, -0.15) is 0 Å². The van der Waals surface area contributed by atoms with Gasteiger partial charge in [0, 0.05) is 41.0 Å². The van der Waals surface area contributed by atoms with Crippen molar-refractivity contribution in [1.82, 2.24) is 15.0 Å². The van der Waals surface area contributed by atoms with Crippen molar-refractivity contribution in [3.05, 3.63) is 99.1 Å². The molecule has 0 fully saturated rings. The lowest BCUT2D eigenvalue weighted by Gasteiger charge is -2.08. The van der Waals surface area contributed by atoms with Gasteiger partial charge in [-0.05, 0) is 0 Å². The maximum Gasteiger partial charge on any atom is 0.270 e. The second-order valence-electron chi connectivity index (χ2n) is 6.29. The van der Waals surface area contributed by atoms with Crippen LogP contribution in [0.2, 0.25) is 0 Å². The van der Waals surface area contributed by atoms with E-state index in [0.717, 1.165) is 5.56 Å². The molecule has 1 heterocycles. The van der Waals surface area contributed by atoms with Gasteiger partial charge in [0.25, 0.3) is 11.4 Å². The Morgan fingerprint density at radius 1 is 0.533 bits per heavy atom. The molecule has 0 aliphatic rings. The zero-order valence-corrected chi connectivity index (χ0v) is 15.4. The van der Waals surface area contributed by atoms with Crippen LogP contribution in [0, 0.1) is 20.2 Å². The standard InChI is InChI=1S/C21H13N5O4/c27-25(28)17-10-4-8-15(12-17)20-22-19(14-6-2-1-3-7-14)23-21(24-20)16-9-5-11-18(13-16)26(29)30/h1-13H. The van der Waals surface area contributed by atoms with E-state index in [1.54, 1.807) is 24.3 Å². The van der Waals surface area contributed by atoms with Crippen molar-refractivity contribution < 1.29 is 9.85 Å². The van der Waals surface area contributed by atoms with E-state index < -0.39 is 9.85 Å². The van der Waals surface area contributed by atoms with Crippen molar-refractivity contribution in [2.45, 2.75) is 0 Å². The fourth-order valence-electron chi connectivity index (χ4n) is 2.87. The molecule has 0 radical (unpaired) electrons. The van der Waals surface area contributed by atoms with Crippen LogP contribution in [0.25, 0.3) is 34.2 Å². The van der Waals surface area contributed by atoms with Crippen LogP contribution in [0.1, 0.15) is 0 Å². The average Bonchev–Trinajstić information content (AvgIpc) is 2.79. The quantitative estimate of drug-likeness (QED) is 0.352. The maximum absolute atomic E-state index is 11.2. The van der Waals surface area contributed by atoms with Gasteiger partial charge >= 0.3 is 0 Å². The summed E-state index contributed by atoms with van der Waals surface area (Å²) >= 11 is 0.